The number of hydrogen-bond donors (Lipinski definition) is 2. The van der Waals surface area contributed by atoms with Gasteiger partial charge in [0.1, 0.15) is 5.76 Å². The molecule has 2 amide bonds. The van der Waals surface area contributed by atoms with E-state index in [0.717, 1.165) is 90.3 Å². The van der Waals surface area contributed by atoms with E-state index in [9.17, 15) is 9.59 Å². The Labute approximate surface area is 242 Å². The molecule has 0 spiro atoms. The lowest BCUT2D eigenvalue weighted by molar-refractivity contribution is -0.117. The van der Waals surface area contributed by atoms with Crippen LogP contribution in [0.1, 0.15) is 60.3 Å². The number of carbonyl (C=O) groups excluding carboxylic acids is 2. The summed E-state index contributed by atoms with van der Waals surface area (Å²) < 4.78 is 16.9. The Hall–Kier alpha value is -2.36. The van der Waals surface area contributed by atoms with Crippen molar-refractivity contribution in [1.82, 2.24) is 20.4 Å². The average molecular weight is 563 g/mol. The number of morpholine rings is 1. The summed E-state index contributed by atoms with van der Waals surface area (Å²) in [5.41, 5.74) is 1.45. The Kier molecular flexibility index (Phi) is 16.0. The van der Waals surface area contributed by atoms with Gasteiger partial charge in [-0.15, -0.1) is 0 Å². The van der Waals surface area contributed by atoms with Crippen molar-refractivity contribution in [2.24, 2.45) is 11.8 Å². The molecule has 40 heavy (non-hydrogen) atoms. The van der Waals surface area contributed by atoms with Crippen molar-refractivity contribution in [3.63, 3.8) is 0 Å². The van der Waals surface area contributed by atoms with Gasteiger partial charge in [0.25, 0.3) is 5.91 Å². The molecule has 0 radical (unpaired) electrons. The Balaban J connectivity index is 2.05. The first-order chi connectivity index (χ1) is 19.2. The van der Waals surface area contributed by atoms with Gasteiger partial charge in [-0.1, -0.05) is 20.4 Å². The minimum absolute atomic E-state index is 0.0974. The molecular formula is C31H54N4O5. The van der Waals surface area contributed by atoms with Gasteiger partial charge in [0.05, 0.1) is 19.8 Å². The van der Waals surface area contributed by atoms with Crippen LogP contribution in [0.25, 0.3) is 0 Å². The number of nitrogens with zero attached hydrogens (tertiary/aromatic N) is 2. The third-order valence-electron chi connectivity index (χ3n) is 8.00. The summed E-state index contributed by atoms with van der Waals surface area (Å²) in [5, 5.41) is 5.96. The van der Waals surface area contributed by atoms with E-state index >= 15 is 0 Å². The quantitative estimate of drug-likeness (QED) is 0.0869. The summed E-state index contributed by atoms with van der Waals surface area (Å²) in [5.74, 6) is 0.942. The van der Waals surface area contributed by atoms with E-state index in [4.69, 9.17) is 14.2 Å². The third kappa shape index (κ3) is 12.4. The summed E-state index contributed by atoms with van der Waals surface area (Å²) in [6.45, 7) is 22.4. The molecule has 0 saturated carbocycles. The van der Waals surface area contributed by atoms with Gasteiger partial charge in [-0.2, -0.15) is 0 Å². The lowest BCUT2D eigenvalue weighted by Gasteiger charge is -2.33. The van der Waals surface area contributed by atoms with Crippen LogP contribution in [0, 0.1) is 11.8 Å². The van der Waals surface area contributed by atoms with Crippen LogP contribution in [0.5, 0.6) is 0 Å². The summed E-state index contributed by atoms with van der Waals surface area (Å²) in [7, 11) is 0. The lowest BCUT2D eigenvalue weighted by atomic mass is 9.90. The first-order valence-corrected chi connectivity index (χ1v) is 15.1. The number of rotatable bonds is 18. The number of carbonyl (C=O) groups is 2. The second kappa shape index (κ2) is 18.9. The topological polar surface area (TPSA) is 92.4 Å². The molecule has 2 rings (SSSR count). The summed E-state index contributed by atoms with van der Waals surface area (Å²) >= 11 is 0. The van der Waals surface area contributed by atoms with Crippen LogP contribution in [-0.4, -0.2) is 100.0 Å². The average Bonchev–Trinajstić information content (AvgIpc) is 2.96. The van der Waals surface area contributed by atoms with E-state index in [1.54, 1.807) is 6.08 Å². The minimum atomic E-state index is -0.132. The van der Waals surface area contributed by atoms with Crippen LogP contribution in [0.2, 0.25) is 0 Å². The molecule has 228 valence electrons. The van der Waals surface area contributed by atoms with Gasteiger partial charge >= 0.3 is 0 Å². The fourth-order valence-corrected chi connectivity index (χ4v) is 5.19. The molecule has 2 N–H and O–H groups in total. The summed E-state index contributed by atoms with van der Waals surface area (Å²) in [6.07, 6.45) is 8.33. The van der Waals surface area contributed by atoms with E-state index in [1.807, 2.05) is 13.8 Å². The number of amides is 2. The molecular weight excluding hydrogens is 508 g/mol. The second-order valence-electron chi connectivity index (χ2n) is 11.3. The number of ether oxygens (including phenoxy) is 3. The van der Waals surface area contributed by atoms with Crippen molar-refractivity contribution in [1.29, 1.82) is 0 Å². The van der Waals surface area contributed by atoms with Gasteiger partial charge in [0, 0.05) is 69.8 Å². The maximum atomic E-state index is 13.5. The van der Waals surface area contributed by atoms with Crippen molar-refractivity contribution in [2.75, 3.05) is 65.8 Å². The van der Waals surface area contributed by atoms with Gasteiger partial charge in [0.15, 0.2) is 0 Å². The second-order valence-corrected chi connectivity index (χ2v) is 11.3. The Morgan fingerprint density at radius 3 is 2.45 bits per heavy atom. The smallest absolute Gasteiger partial charge is 0.251 e. The van der Waals surface area contributed by atoms with Crippen molar-refractivity contribution < 1.29 is 23.8 Å². The van der Waals surface area contributed by atoms with Crippen LogP contribution >= 0.6 is 0 Å². The van der Waals surface area contributed by atoms with Gasteiger partial charge in [-0.05, 0) is 69.9 Å². The van der Waals surface area contributed by atoms with Crippen molar-refractivity contribution in [3.8, 4) is 0 Å². The normalized spacial score (nSPS) is 19.8. The van der Waals surface area contributed by atoms with E-state index < -0.39 is 0 Å². The predicted molar refractivity (Wildman–Crippen MR) is 160 cm³/mol. The van der Waals surface area contributed by atoms with E-state index in [0.29, 0.717) is 36.4 Å². The molecule has 2 aliphatic heterocycles. The van der Waals surface area contributed by atoms with Crippen LogP contribution < -0.4 is 10.6 Å². The lowest BCUT2D eigenvalue weighted by Crippen LogP contribution is -2.37. The molecule has 2 aliphatic rings. The fourth-order valence-electron chi connectivity index (χ4n) is 5.19. The zero-order valence-corrected chi connectivity index (χ0v) is 25.6. The first kappa shape index (κ1) is 33.8. The molecule has 0 aromatic heterocycles. The van der Waals surface area contributed by atoms with Crippen molar-refractivity contribution in [2.45, 2.75) is 72.4 Å². The van der Waals surface area contributed by atoms with Crippen LogP contribution in [-0.2, 0) is 23.8 Å². The van der Waals surface area contributed by atoms with Gasteiger partial charge in [-0.3, -0.25) is 14.5 Å². The SMILES string of the molecule is C=C(/C=C(C(=O)NCC(C)C(C)CC(C)NC=O)\C(C)=C\N(CC)C1CCOCC1)OCCCN1CCOCC1. The van der Waals surface area contributed by atoms with Crippen LogP contribution in [0.15, 0.2) is 35.8 Å². The fraction of sp³-hybridized carbons (Fsp3) is 0.742. The van der Waals surface area contributed by atoms with Gasteiger partial charge in [-0.25, -0.2) is 0 Å². The highest BCUT2D eigenvalue weighted by Gasteiger charge is 2.21. The largest absolute Gasteiger partial charge is 0.494 e. The van der Waals surface area contributed by atoms with E-state index in [1.165, 1.54) is 0 Å². The minimum Gasteiger partial charge on any atom is -0.494 e. The van der Waals surface area contributed by atoms with Gasteiger partial charge < -0.3 is 29.7 Å². The van der Waals surface area contributed by atoms with Crippen LogP contribution in [0.4, 0.5) is 0 Å². The third-order valence-corrected chi connectivity index (χ3v) is 8.00. The molecule has 0 aliphatic carbocycles. The number of hydrogen-bond acceptors (Lipinski definition) is 7. The monoisotopic (exact) mass is 562 g/mol. The van der Waals surface area contributed by atoms with Crippen LogP contribution in [0.3, 0.4) is 0 Å². The predicted octanol–water partition coefficient (Wildman–Crippen LogP) is 3.48. The molecule has 2 saturated heterocycles. The standard InChI is InChI=1S/C31H54N4O5/c1-7-35(29-9-15-38-16-10-29)22-26(4)30(20-28(6)40-14-8-11-34-12-17-39-18-13-34)31(37)32-21-25(3)24(2)19-27(5)33-23-36/h20,22-25,27,29H,6-19,21H2,1-5H3,(H,32,37)(H,33,36)/b26-22+,30-20+. The molecule has 0 aromatic carbocycles. The van der Waals surface area contributed by atoms with Crippen molar-refractivity contribution >= 4 is 12.3 Å². The molecule has 9 heteroatoms. The number of allylic oxidation sites excluding steroid dienone is 1. The Morgan fingerprint density at radius 2 is 1.80 bits per heavy atom. The van der Waals surface area contributed by atoms with Gasteiger partial charge in [0.2, 0.25) is 6.41 Å². The maximum absolute atomic E-state index is 13.5. The van der Waals surface area contributed by atoms with E-state index in [2.05, 4.69) is 54.0 Å². The highest BCUT2D eigenvalue weighted by atomic mass is 16.5. The highest BCUT2D eigenvalue weighted by molar-refractivity contribution is 5.98. The number of nitrogens with one attached hydrogen (secondary N) is 2. The maximum Gasteiger partial charge on any atom is 0.251 e. The first-order valence-electron chi connectivity index (χ1n) is 15.1. The summed E-state index contributed by atoms with van der Waals surface area (Å²) in [4.78, 5) is 29.0. The molecule has 2 heterocycles. The Morgan fingerprint density at radius 1 is 1.12 bits per heavy atom. The Bertz CT molecular complexity index is 834. The van der Waals surface area contributed by atoms with E-state index in [-0.39, 0.29) is 17.9 Å². The molecule has 2 fully saturated rings. The summed E-state index contributed by atoms with van der Waals surface area (Å²) in [6, 6.07) is 0.501. The van der Waals surface area contributed by atoms with Crippen molar-refractivity contribution in [3.05, 3.63) is 35.8 Å². The zero-order valence-electron chi connectivity index (χ0n) is 25.6. The molecule has 9 nitrogen and oxygen atoms in total. The highest BCUT2D eigenvalue weighted by Crippen LogP contribution is 2.21. The zero-order chi connectivity index (χ0) is 29.3. The molecule has 3 atom stereocenters. The molecule has 0 bridgehead atoms. The molecule has 3 unspecified atom stereocenters. The molecule has 0 aromatic rings.